The number of hydrogen-bond acceptors (Lipinski definition) is 2. The van der Waals surface area contributed by atoms with Gasteiger partial charge in [0.05, 0.1) is 11.1 Å². The SMILES string of the molecule is NC(=O)c1ccc(-c2ccccc2F)c2c1[nH]c1cc(CN3CCCCC3)ccc12. The maximum atomic E-state index is 14.6. The lowest BCUT2D eigenvalue weighted by molar-refractivity contribution is 0.100. The molecule has 0 bridgehead atoms. The molecule has 3 aromatic carbocycles. The average molecular weight is 401 g/mol. The van der Waals surface area contributed by atoms with Gasteiger partial charge >= 0.3 is 0 Å². The Kier molecular flexibility index (Phi) is 4.75. The van der Waals surface area contributed by atoms with Crippen LogP contribution in [-0.2, 0) is 6.54 Å². The lowest BCUT2D eigenvalue weighted by Crippen LogP contribution is -2.29. The number of benzene rings is 3. The van der Waals surface area contributed by atoms with Crippen molar-refractivity contribution in [1.82, 2.24) is 9.88 Å². The summed E-state index contributed by atoms with van der Waals surface area (Å²) in [6.45, 7) is 3.18. The number of carbonyl (C=O) groups is 1. The maximum Gasteiger partial charge on any atom is 0.250 e. The molecule has 4 aromatic rings. The zero-order valence-electron chi connectivity index (χ0n) is 16.7. The van der Waals surface area contributed by atoms with Crippen molar-refractivity contribution >= 4 is 27.7 Å². The summed E-state index contributed by atoms with van der Waals surface area (Å²) in [4.78, 5) is 17.9. The Bertz CT molecular complexity index is 1250. The second-order valence-corrected chi connectivity index (χ2v) is 8.10. The lowest BCUT2D eigenvalue weighted by Gasteiger charge is -2.26. The van der Waals surface area contributed by atoms with E-state index in [1.165, 1.54) is 30.9 Å². The van der Waals surface area contributed by atoms with Gasteiger partial charge < -0.3 is 10.7 Å². The molecule has 0 unspecified atom stereocenters. The third-order valence-electron chi connectivity index (χ3n) is 6.10. The summed E-state index contributed by atoms with van der Waals surface area (Å²) in [6.07, 6.45) is 3.82. The smallest absolute Gasteiger partial charge is 0.250 e. The number of aromatic nitrogens is 1. The summed E-state index contributed by atoms with van der Waals surface area (Å²) in [7, 11) is 0. The fourth-order valence-electron chi connectivity index (χ4n) is 4.64. The zero-order chi connectivity index (χ0) is 20.7. The van der Waals surface area contributed by atoms with Crippen molar-refractivity contribution < 1.29 is 9.18 Å². The fraction of sp³-hybridized carbons (Fsp3) is 0.240. The summed E-state index contributed by atoms with van der Waals surface area (Å²) in [5.41, 5.74) is 10.1. The molecule has 4 nitrogen and oxygen atoms in total. The van der Waals surface area contributed by atoms with E-state index in [1.807, 2.05) is 6.07 Å². The third kappa shape index (κ3) is 3.25. The van der Waals surface area contributed by atoms with Gasteiger partial charge in [0.15, 0.2) is 0 Å². The maximum absolute atomic E-state index is 14.6. The number of halogens is 1. The predicted octanol–water partition coefficient (Wildman–Crippen LogP) is 5.21. The summed E-state index contributed by atoms with van der Waals surface area (Å²) in [5, 5.41) is 1.80. The fourth-order valence-corrected chi connectivity index (χ4v) is 4.64. The van der Waals surface area contributed by atoms with Crippen molar-refractivity contribution in [3.63, 3.8) is 0 Å². The molecule has 5 heteroatoms. The van der Waals surface area contributed by atoms with Gasteiger partial charge in [0.2, 0.25) is 0 Å². The number of fused-ring (bicyclic) bond motifs is 3. The minimum absolute atomic E-state index is 0.290. The molecule has 1 aromatic heterocycles. The van der Waals surface area contributed by atoms with Gasteiger partial charge in [0.1, 0.15) is 5.82 Å². The molecule has 0 atom stereocenters. The van der Waals surface area contributed by atoms with Crippen molar-refractivity contribution in [2.45, 2.75) is 25.8 Å². The van der Waals surface area contributed by atoms with Gasteiger partial charge in [-0.15, -0.1) is 0 Å². The van der Waals surface area contributed by atoms with Crippen LogP contribution in [-0.4, -0.2) is 28.9 Å². The van der Waals surface area contributed by atoms with Crippen LogP contribution in [0.1, 0.15) is 35.2 Å². The van der Waals surface area contributed by atoms with Crippen LogP contribution < -0.4 is 5.73 Å². The number of H-pyrrole nitrogens is 1. The number of nitrogens with one attached hydrogen (secondary N) is 1. The number of aromatic amines is 1. The molecule has 0 radical (unpaired) electrons. The Morgan fingerprint density at radius 1 is 1.00 bits per heavy atom. The van der Waals surface area contributed by atoms with E-state index in [1.54, 1.807) is 24.3 Å². The highest BCUT2D eigenvalue weighted by atomic mass is 19.1. The highest BCUT2D eigenvalue weighted by Crippen LogP contribution is 2.37. The second-order valence-electron chi connectivity index (χ2n) is 8.10. The molecule has 30 heavy (non-hydrogen) atoms. The molecule has 0 spiro atoms. The number of primary amides is 1. The van der Waals surface area contributed by atoms with Gasteiger partial charge in [-0.3, -0.25) is 9.69 Å². The molecule has 1 saturated heterocycles. The molecule has 152 valence electrons. The van der Waals surface area contributed by atoms with Crippen LogP contribution in [0.4, 0.5) is 4.39 Å². The van der Waals surface area contributed by atoms with Crippen LogP contribution in [0.2, 0.25) is 0 Å². The number of amides is 1. The van der Waals surface area contributed by atoms with Gasteiger partial charge in [-0.05, 0) is 55.3 Å². The number of likely N-dealkylation sites (tertiary alicyclic amines) is 1. The first-order valence-corrected chi connectivity index (χ1v) is 10.5. The van der Waals surface area contributed by atoms with Crippen LogP contribution in [0.3, 0.4) is 0 Å². The summed E-state index contributed by atoms with van der Waals surface area (Å²) in [5.74, 6) is -0.790. The summed E-state index contributed by atoms with van der Waals surface area (Å²) in [6, 6.07) is 16.5. The number of nitrogens with two attached hydrogens (primary N) is 1. The van der Waals surface area contributed by atoms with E-state index >= 15 is 0 Å². The van der Waals surface area contributed by atoms with E-state index in [-0.39, 0.29) is 5.82 Å². The van der Waals surface area contributed by atoms with Crippen molar-refractivity contribution in [1.29, 1.82) is 0 Å². The minimum Gasteiger partial charge on any atom is -0.366 e. The van der Waals surface area contributed by atoms with E-state index in [0.717, 1.165) is 41.5 Å². The molecule has 3 N–H and O–H groups in total. The van der Waals surface area contributed by atoms with E-state index < -0.39 is 5.91 Å². The molecule has 1 aliphatic rings. The molecular weight excluding hydrogens is 377 g/mol. The Labute approximate surface area is 174 Å². The average Bonchev–Trinajstić information content (AvgIpc) is 3.13. The number of piperidine rings is 1. The van der Waals surface area contributed by atoms with Crippen molar-refractivity contribution in [3.8, 4) is 11.1 Å². The first-order valence-electron chi connectivity index (χ1n) is 10.5. The van der Waals surface area contributed by atoms with Gasteiger partial charge in [0.25, 0.3) is 5.91 Å². The zero-order valence-corrected chi connectivity index (χ0v) is 16.7. The van der Waals surface area contributed by atoms with Gasteiger partial charge in [-0.1, -0.05) is 42.8 Å². The third-order valence-corrected chi connectivity index (χ3v) is 6.10. The van der Waals surface area contributed by atoms with E-state index in [2.05, 4.69) is 28.1 Å². The van der Waals surface area contributed by atoms with Gasteiger partial charge in [0, 0.05) is 28.4 Å². The van der Waals surface area contributed by atoms with Gasteiger partial charge in [-0.2, -0.15) is 0 Å². The number of carbonyl (C=O) groups excluding carboxylic acids is 1. The quantitative estimate of drug-likeness (QED) is 0.493. The molecule has 1 fully saturated rings. The molecule has 5 rings (SSSR count). The van der Waals surface area contributed by atoms with E-state index in [9.17, 15) is 9.18 Å². The lowest BCUT2D eigenvalue weighted by atomic mass is 9.96. The first kappa shape index (κ1) is 18.8. The Balaban J connectivity index is 1.69. The topological polar surface area (TPSA) is 62.1 Å². The van der Waals surface area contributed by atoms with Crippen LogP contribution in [0.5, 0.6) is 0 Å². The standard InChI is InChI=1S/C25H24FN3O/c26-21-7-3-2-6-17(21)18-10-11-20(25(27)30)24-23(18)19-9-8-16(14-22(19)28-24)15-29-12-4-1-5-13-29/h2-3,6-11,14,28H,1,4-5,12-13,15H2,(H2,27,30). The van der Waals surface area contributed by atoms with Crippen LogP contribution in [0.15, 0.2) is 54.6 Å². The van der Waals surface area contributed by atoms with Crippen molar-refractivity contribution in [2.24, 2.45) is 5.73 Å². The number of hydrogen-bond donors (Lipinski definition) is 2. The molecule has 0 saturated carbocycles. The molecule has 2 heterocycles. The van der Waals surface area contributed by atoms with Crippen LogP contribution >= 0.6 is 0 Å². The van der Waals surface area contributed by atoms with E-state index in [4.69, 9.17) is 5.73 Å². The number of rotatable bonds is 4. The Morgan fingerprint density at radius 3 is 2.57 bits per heavy atom. The van der Waals surface area contributed by atoms with Gasteiger partial charge in [-0.25, -0.2) is 4.39 Å². The Hall–Kier alpha value is -3.18. The molecule has 0 aliphatic carbocycles. The van der Waals surface area contributed by atoms with Crippen LogP contribution in [0, 0.1) is 5.82 Å². The minimum atomic E-state index is -0.500. The molecular formula is C25H24FN3O. The largest absolute Gasteiger partial charge is 0.366 e. The predicted molar refractivity (Wildman–Crippen MR) is 119 cm³/mol. The molecule has 1 aliphatic heterocycles. The second kappa shape index (κ2) is 7.58. The van der Waals surface area contributed by atoms with Crippen LogP contribution in [0.25, 0.3) is 32.9 Å². The number of nitrogens with zero attached hydrogens (tertiary/aromatic N) is 1. The summed E-state index contributed by atoms with van der Waals surface area (Å²) >= 11 is 0. The summed E-state index contributed by atoms with van der Waals surface area (Å²) < 4.78 is 14.6. The first-order chi connectivity index (χ1) is 14.6. The van der Waals surface area contributed by atoms with Crippen molar-refractivity contribution in [3.05, 3.63) is 71.5 Å². The monoisotopic (exact) mass is 401 g/mol. The highest BCUT2D eigenvalue weighted by Gasteiger charge is 2.18. The van der Waals surface area contributed by atoms with E-state index in [0.29, 0.717) is 16.6 Å². The molecule has 1 amide bonds. The Morgan fingerprint density at radius 2 is 1.80 bits per heavy atom. The normalized spacial score (nSPS) is 15.1. The highest BCUT2D eigenvalue weighted by molar-refractivity contribution is 6.19. The van der Waals surface area contributed by atoms with Crippen molar-refractivity contribution in [2.75, 3.05) is 13.1 Å².